The van der Waals surface area contributed by atoms with Gasteiger partial charge < -0.3 is 10.5 Å². The van der Waals surface area contributed by atoms with Crippen LogP contribution in [0.15, 0.2) is 18.2 Å². The summed E-state index contributed by atoms with van der Waals surface area (Å²) in [6.45, 7) is 0.504. The Labute approximate surface area is 70.9 Å². The Morgan fingerprint density at radius 2 is 2.27 bits per heavy atom. The molecule has 0 aromatic heterocycles. The fourth-order valence-corrected chi connectivity index (χ4v) is 1.05. The number of benzene rings is 1. The Morgan fingerprint density at radius 1 is 1.55 bits per heavy atom. The molecule has 60 valence electrons. The van der Waals surface area contributed by atoms with Gasteiger partial charge in [-0.25, -0.2) is 0 Å². The summed E-state index contributed by atoms with van der Waals surface area (Å²) in [6.07, 6.45) is 0. The lowest BCUT2D eigenvalue weighted by molar-refractivity contribution is 0.185. The topological polar surface area (TPSA) is 35.2 Å². The maximum absolute atomic E-state index is 5.87. The molecular formula is C8H10ClNO. The molecule has 0 spiro atoms. The Bertz CT molecular complexity index is 250. The Hall–Kier alpha value is -0.730. The lowest BCUT2D eigenvalue weighted by Gasteiger charge is -2.03. The van der Waals surface area contributed by atoms with Crippen LogP contribution in [0, 0.1) is 0 Å². The first-order valence-corrected chi connectivity index (χ1v) is 3.65. The highest BCUT2D eigenvalue weighted by atomic mass is 35.5. The van der Waals surface area contributed by atoms with Gasteiger partial charge in [-0.3, -0.25) is 0 Å². The molecular weight excluding hydrogens is 162 g/mol. The first-order chi connectivity index (χ1) is 5.25. The minimum atomic E-state index is 0.504. The van der Waals surface area contributed by atoms with Gasteiger partial charge in [-0.1, -0.05) is 23.7 Å². The smallest absolute Gasteiger partial charge is 0.0728 e. The van der Waals surface area contributed by atoms with Gasteiger partial charge in [0.25, 0.3) is 0 Å². The molecule has 0 saturated heterocycles. The predicted molar refractivity (Wildman–Crippen MR) is 46.6 cm³/mol. The van der Waals surface area contributed by atoms with E-state index < -0.39 is 0 Å². The summed E-state index contributed by atoms with van der Waals surface area (Å²) in [7, 11) is 1.62. The van der Waals surface area contributed by atoms with Crippen molar-refractivity contribution in [3.8, 4) is 0 Å². The van der Waals surface area contributed by atoms with Gasteiger partial charge in [-0.05, 0) is 11.6 Å². The number of hydrogen-bond acceptors (Lipinski definition) is 2. The number of hydrogen-bond donors (Lipinski definition) is 1. The first-order valence-electron chi connectivity index (χ1n) is 3.27. The molecule has 0 bridgehead atoms. The summed E-state index contributed by atoms with van der Waals surface area (Å²) >= 11 is 5.87. The number of nitrogens with two attached hydrogens (primary N) is 1. The van der Waals surface area contributed by atoms with E-state index in [0.29, 0.717) is 17.3 Å². The van der Waals surface area contributed by atoms with Crippen LogP contribution in [0.3, 0.4) is 0 Å². The second kappa shape index (κ2) is 3.60. The minimum absolute atomic E-state index is 0.504. The monoisotopic (exact) mass is 171 g/mol. The van der Waals surface area contributed by atoms with Crippen LogP contribution in [0.25, 0.3) is 0 Å². The van der Waals surface area contributed by atoms with Crippen molar-refractivity contribution in [3.63, 3.8) is 0 Å². The van der Waals surface area contributed by atoms with E-state index in [1.54, 1.807) is 13.2 Å². The van der Waals surface area contributed by atoms with Crippen LogP contribution in [0.1, 0.15) is 5.56 Å². The molecule has 2 nitrogen and oxygen atoms in total. The van der Waals surface area contributed by atoms with Crippen LogP contribution in [-0.4, -0.2) is 7.11 Å². The molecule has 0 aliphatic heterocycles. The van der Waals surface area contributed by atoms with E-state index in [9.17, 15) is 0 Å². The number of anilines is 1. The maximum atomic E-state index is 5.87. The lowest BCUT2D eigenvalue weighted by Crippen LogP contribution is -1.93. The molecule has 2 N–H and O–H groups in total. The van der Waals surface area contributed by atoms with Crippen LogP contribution in [-0.2, 0) is 11.3 Å². The zero-order chi connectivity index (χ0) is 8.27. The molecule has 0 aliphatic rings. The summed E-state index contributed by atoms with van der Waals surface area (Å²) in [4.78, 5) is 0. The molecule has 1 aromatic carbocycles. The van der Waals surface area contributed by atoms with E-state index in [4.69, 9.17) is 22.1 Å². The van der Waals surface area contributed by atoms with Crippen LogP contribution >= 0.6 is 11.6 Å². The second-order valence-electron chi connectivity index (χ2n) is 2.25. The highest BCUT2D eigenvalue weighted by Crippen LogP contribution is 2.23. The summed E-state index contributed by atoms with van der Waals surface area (Å²) in [5, 5.41) is 0.592. The van der Waals surface area contributed by atoms with Crippen molar-refractivity contribution in [1.82, 2.24) is 0 Å². The van der Waals surface area contributed by atoms with Gasteiger partial charge in [-0.2, -0.15) is 0 Å². The van der Waals surface area contributed by atoms with Crippen molar-refractivity contribution in [2.75, 3.05) is 12.8 Å². The Balaban J connectivity index is 2.96. The van der Waals surface area contributed by atoms with E-state index in [2.05, 4.69) is 0 Å². The molecule has 0 unspecified atom stereocenters. The summed E-state index contributed by atoms with van der Waals surface area (Å²) < 4.78 is 4.92. The van der Waals surface area contributed by atoms with Gasteiger partial charge in [0.1, 0.15) is 0 Å². The van der Waals surface area contributed by atoms with Crippen molar-refractivity contribution in [2.45, 2.75) is 6.61 Å². The predicted octanol–water partition coefficient (Wildman–Crippen LogP) is 2.07. The fourth-order valence-electron chi connectivity index (χ4n) is 0.867. The number of halogens is 1. The van der Waals surface area contributed by atoms with E-state index >= 15 is 0 Å². The van der Waals surface area contributed by atoms with Gasteiger partial charge in [0.15, 0.2) is 0 Å². The average Bonchev–Trinajstić information content (AvgIpc) is 1.99. The zero-order valence-corrected chi connectivity index (χ0v) is 7.06. The molecule has 0 heterocycles. The zero-order valence-electron chi connectivity index (χ0n) is 6.30. The van der Waals surface area contributed by atoms with Crippen LogP contribution < -0.4 is 5.73 Å². The summed E-state index contributed by atoms with van der Waals surface area (Å²) in [6, 6.07) is 5.51. The number of nitrogen functional groups attached to an aromatic ring is 1. The molecule has 0 atom stereocenters. The normalized spacial score (nSPS) is 10.0. The van der Waals surface area contributed by atoms with Crippen molar-refractivity contribution >= 4 is 17.3 Å². The van der Waals surface area contributed by atoms with Gasteiger partial charge in [0.2, 0.25) is 0 Å². The van der Waals surface area contributed by atoms with Gasteiger partial charge in [0, 0.05) is 7.11 Å². The molecule has 3 heteroatoms. The van der Waals surface area contributed by atoms with E-state index in [1.807, 2.05) is 12.1 Å². The molecule has 1 aromatic rings. The maximum Gasteiger partial charge on any atom is 0.0728 e. The highest BCUT2D eigenvalue weighted by molar-refractivity contribution is 6.33. The van der Waals surface area contributed by atoms with Crippen molar-refractivity contribution < 1.29 is 4.74 Å². The van der Waals surface area contributed by atoms with Gasteiger partial charge >= 0.3 is 0 Å². The van der Waals surface area contributed by atoms with Crippen LogP contribution in [0.5, 0.6) is 0 Å². The molecule has 11 heavy (non-hydrogen) atoms. The third-order valence-electron chi connectivity index (χ3n) is 1.41. The van der Waals surface area contributed by atoms with Crippen molar-refractivity contribution in [1.29, 1.82) is 0 Å². The first kappa shape index (κ1) is 8.37. The molecule has 0 amide bonds. The number of ether oxygens (including phenoxy) is 1. The van der Waals surface area contributed by atoms with E-state index in [1.165, 1.54) is 0 Å². The molecule has 1 rings (SSSR count). The lowest BCUT2D eigenvalue weighted by atomic mass is 10.2. The quantitative estimate of drug-likeness (QED) is 0.692. The summed E-state index contributed by atoms with van der Waals surface area (Å²) in [5.74, 6) is 0. The summed E-state index contributed by atoms with van der Waals surface area (Å²) in [5.41, 5.74) is 7.09. The van der Waals surface area contributed by atoms with Crippen molar-refractivity contribution in [2.24, 2.45) is 0 Å². The standard InChI is InChI=1S/C8H10ClNO/c1-11-5-6-3-2-4-7(10)8(6)9/h2-4H,5,10H2,1H3. The largest absolute Gasteiger partial charge is 0.398 e. The SMILES string of the molecule is COCc1cccc(N)c1Cl. The van der Waals surface area contributed by atoms with Gasteiger partial charge in [-0.15, -0.1) is 0 Å². The molecule has 0 saturated carbocycles. The number of methoxy groups -OCH3 is 1. The number of rotatable bonds is 2. The van der Waals surface area contributed by atoms with E-state index in [0.717, 1.165) is 5.56 Å². The second-order valence-corrected chi connectivity index (χ2v) is 2.63. The highest BCUT2D eigenvalue weighted by Gasteiger charge is 2.01. The third-order valence-corrected chi connectivity index (χ3v) is 1.87. The van der Waals surface area contributed by atoms with Gasteiger partial charge in [0.05, 0.1) is 17.3 Å². The van der Waals surface area contributed by atoms with E-state index in [-0.39, 0.29) is 0 Å². The van der Waals surface area contributed by atoms with Crippen molar-refractivity contribution in [3.05, 3.63) is 28.8 Å². The fraction of sp³-hybridized carbons (Fsp3) is 0.250. The van der Waals surface area contributed by atoms with Crippen LogP contribution in [0.4, 0.5) is 5.69 Å². The third kappa shape index (κ3) is 1.85. The van der Waals surface area contributed by atoms with Crippen LogP contribution in [0.2, 0.25) is 5.02 Å². The Morgan fingerprint density at radius 3 is 2.91 bits per heavy atom. The molecule has 0 radical (unpaired) electrons. The average molecular weight is 172 g/mol. The minimum Gasteiger partial charge on any atom is -0.398 e. The Kier molecular flexibility index (Phi) is 2.74. The molecule has 0 aliphatic carbocycles. The molecule has 0 fully saturated rings.